The van der Waals surface area contributed by atoms with Crippen molar-refractivity contribution in [1.29, 1.82) is 0 Å². The highest BCUT2D eigenvalue weighted by Crippen LogP contribution is 2.28. The van der Waals surface area contributed by atoms with E-state index >= 15 is 0 Å². The van der Waals surface area contributed by atoms with Gasteiger partial charge in [-0.1, -0.05) is 12.1 Å². The van der Waals surface area contributed by atoms with Gasteiger partial charge in [-0.05, 0) is 30.5 Å². The molecule has 3 N–H and O–H groups in total. The fourth-order valence-electron chi connectivity index (χ4n) is 2.66. The lowest BCUT2D eigenvalue weighted by Crippen LogP contribution is -2.37. The molecule has 108 valence electrons. The van der Waals surface area contributed by atoms with Crippen LogP contribution in [0.3, 0.4) is 0 Å². The van der Waals surface area contributed by atoms with E-state index in [1.807, 2.05) is 17.0 Å². The van der Waals surface area contributed by atoms with Crippen molar-refractivity contribution in [3.63, 3.8) is 0 Å². The molecule has 1 saturated carbocycles. The Bertz CT molecular complexity index is 469. The third kappa shape index (κ3) is 3.22. The van der Waals surface area contributed by atoms with Crippen LogP contribution in [0.25, 0.3) is 0 Å². The molecule has 3 rings (SSSR count). The summed E-state index contributed by atoms with van der Waals surface area (Å²) in [6.45, 7) is 4.32. The van der Waals surface area contributed by atoms with Gasteiger partial charge in [-0.3, -0.25) is 4.90 Å². The fourth-order valence-corrected chi connectivity index (χ4v) is 2.66. The topological polar surface area (TPSA) is 61.6 Å². The van der Waals surface area contributed by atoms with Gasteiger partial charge < -0.3 is 16.0 Å². The van der Waals surface area contributed by atoms with Crippen LogP contribution in [0.15, 0.2) is 24.3 Å². The standard InChI is InChI=1S/C15H22N4O/c16-13-3-1-12(2-4-13)11-19(14-5-6-14)10-9-18-8-7-17-15(18)20/h1-4,14H,5-11,16H2,(H,17,20). The number of nitrogens with two attached hydrogens (primary N) is 1. The predicted molar refractivity (Wildman–Crippen MR) is 79.3 cm³/mol. The largest absolute Gasteiger partial charge is 0.399 e. The number of carbonyl (C=O) groups is 1. The van der Waals surface area contributed by atoms with E-state index in [2.05, 4.69) is 22.3 Å². The van der Waals surface area contributed by atoms with Crippen LogP contribution in [0.2, 0.25) is 0 Å². The van der Waals surface area contributed by atoms with Gasteiger partial charge in [0.15, 0.2) is 0 Å². The van der Waals surface area contributed by atoms with Crippen molar-refractivity contribution in [2.45, 2.75) is 25.4 Å². The summed E-state index contributed by atoms with van der Waals surface area (Å²) in [6.07, 6.45) is 2.56. The van der Waals surface area contributed by atoms with E-state index in [0.29, 0.717) is 6.04 Å². The second-order valence-electron chi connectivity index (χ2n) is 5.66. The highest BCUT2D eigenvalue weighted by atomic mass is 16.2. The number of benzene rings is 1. The molecule has 5 nitrogen and oxygen atoms in total. The van der Waals surface area contributed by atoms with Crippen LogP contribution < -0.4 is 11.1 Å². The number of nitrogens with one attached hydrogen (secondary N) is 1. The Labute approximate surface area is 119 Å². The minimum Gasteiger partial charge on any atom is -0.399 e. The van der Waals surface area contributed by atoms with Crippen LogP contribution in [0.4, 0.5) is 10.5 Å². The molecular formula is C15H22N4O. The minimum atomic E-state index is 0.0771. The monoisotopic (exact) mass is 274 g/mol. The van der Waals surface area contributed by atoms with Crippen molar-refractivity contribution in [2.24, 2.45) is 0 Å². The molecule has 1 aromatic carbocycles. The number of urea groups is 1. The third-order valence-electron chi connectivity index (χ3n) is 4.03. The quantitative estimate of drug-likeness (QED) is 0.768. The molecular weight excluding hydrogens is 252 g/mol. The minimum absolute atomic E-state index is 0.0771. The van der Waals surface area contributed by atoms with Gasteiger partial charge >= 0.3 is 6.03 Å². The maximum atomic E-state index is 11.6. The molecule has 2 fully saturated rings. The van der Waals surface area contributed by atoms with Crippen LogP contribution in [0.5, 0.6) is 0 Å². The average Bonchev–Trinajstić information content (AvgIpc) is 3.21. The fraction of sp³-hybridized carbons (Fsp3) is 0.533. The summed E-state index contributed by atoms with van der Waals surface area (Å²) in [5.41, 5.74) is 7.82. The van der Waals surface area contributed by atoms with Gasteiger partial charge in [-0.2, -0.15) is 0 Å². The summed E-state index contributed by atoms with van der Waals surface area (Å²) in [4.78, 5) is 15.9. The normalized spacial score (nSPS) is 18.6. The van der Waals surface area contributed by atoms with E-state index in [-0.39, 0.29) is 6.03 Å². The number of rotatable bonds is 6. The molecule has 1 heterocycles. The Hall–Kier alpha value is -1.75. The van der Waals surface area contributed by atoms with Crippen molar-refractivity contribution in [2.75, 3.05) is 31.9 Å². The molecule has 0 aromatic heterocycles. The van der Waals surface area contributed by atoms with Crippen molar-refractivity contribution in [3.05, 3.63) is 29.8 Å². The Morgan fingerprint density at radius 2 is 2.05 bits per heavy atom. The SMILES string of the molecule is Nc1ccc(CN(CCN2CCNC2=O)C2CC2)cc1. The first-order valence-electron chi connectivity index (χ1n) is 7.33. The van der Waals surface area contributed by atoms with Gasteiger partial charge in [0.25, 0.3) is 0 Å². The van der Waals surface area contributed by atoms with Crippen molar-refractivity contribution in [3.8, 4) is 0 Å². The first-order chi connectivity index (χ1) is 9.72. The molecule has 5 heteroatoms. The van der Waals surface area contributed by atoms with Crippen molar-refractivity contribution < 1.29 is 4.79 Å². The van der Waals surface area contributed by atoms with E-state index in [1.165, 1.54) is 18.4 Å². The summed E-state index contributed by atoms with van der Waals surface area (Å²) in [7, 11) is 0. The van der Waals surface area contributed by atoms with E-state index in [1.54, 1.807) is 0 Å². The van der Waals surface area contributed by atoms with Crippen LogP contribution in [-0.4, -0.2) is 48.1 Å². The summed E-state index contributed by atoms with van der Waals surface area (Å²) in [6, 6.07) is 8.86. The highest BCUT2D eigenvalue weighted by molar-refractivity contribution is 5.76. The molecule has 20 heavy (non-hydrogen) atoms. The molecule has 0 spiro atoms. The molecule has 0 radical (unpaired) electrons. The zero-order valence-corrected chi connectivity index (χ0v) is 11.7. The molecule has 2 amide bonds. The zero-order chi connectivity index (χ0) is 13.9. The number of nitrogen functional groups attached to an aromatic ring is 1. The number of hydrogen-bond acceptors (Lipinski definition) is 3. The van der Waals surface area contributed by atoms with Gasteiger partial charge in [-0.25, -0.2) is 4.79 Å². The summed E-state index contributed by atoms with van der Waals surface area (Å²) >= 11 is 0. The first kappa shape index (κ1) is 13.2. The smallest absolute Gasteiger partial charge is 0.317 e. The van der Waals surface area contributed by atoms with Gasteiger partial charge in [0, 0.05) is 44.5 Å². The number of amides is 2. The summed E-state index contributed by atoms with van der Waals surface area (Å²) in [5.74, 6) is 0. The summed E-state index contributed by atoms with van der Waals surface area (Å²) < 4.78 is 0. The Morgan fingerprint density at radius 1 is 1.30 bits per heavy atom. The molecule has 0 atom stereocenters. The molecule has 0 unspecified atom stereocenters. The number of carbonyl (C=O) groups excluding carboxylic acids is 1. The molecule has 1 saturated heterocycles. The van der Waals surface area contributed by atoms with Gasteiger partial charge in [0.2, 0.25) is 0 Å². The van der Waals surface area contributed by atoms with E-state index < -0.39 is 0 Å². The first-order valence-corrected chi connectivity index (χ1v) is 7.33. The Morgan fingerprint density at radius 3 is 2.65 bits per heavy atom. The Balaban J connectivity index is 1.55. The van der Waals surface area contributed by atoms with Gasteiger partial charge in [-0.15, -0.1) is 0 Å². The van der Waals surface area contributed by atoms with Gasteiger partial charge in [0.1, 0.15) is 0 Å². The third-order valence-corrected chi connectivity index (χ3v) is 4.03. The maximum absolute atomic E-state index is 11.6. The average molecular weight is 274 g/mol. The molecule has 1 aromatic rings. The predicted octanol–water partition coefficient (Wildman–Crippen LogP) is 1.26. The number of hydrogen-bond donors (Lipinski definition) is 2. The van der Waals surface area contributed by atoms with Crippen LogP contribution >= 0.6 is 0 Å². The lowest BCUT2D eigenvalue weighted by atomic mass is 10.2. The Kier molecular flexibility index (Phi) is 3.78. The zero-order valence-electron chi connectivity index (χ0n) is 11.7. The second-order valence-corrected chi connectivity index (χ2v) is 5.66. The van der Waals surface area contributed by atoms with Crippen LogP contribution in [0.1, 0.15) is 18.4 Å². The molecule has 0 bridgehead atoms. The van der Waals surface area contributed by atoms with Crippen molar-refractivity contribution in [1.82, 2.24) is 15.1 Å². The number of nitrogens with zero attached hydrogens (tertiary/aromatic N) is 2. The number of anilines is 1. The highest BCUT2D eigenvalue weighted by Gasteiger charge is 2.30. The van der Waals surface area contributed by atoms with Crippen LogP contribution in [0, 0.1) is 0 Å². The van der Waals surface area contributed by atoms with E-state index in [9.17, 15) is 4.79 Å². The lowest BCUT2D eigenvalue weighted by molar-refractivity contribution is 0.195. The molecule has 1 aliphatic heterocycles. The second kappa shape index (κ2) is 5.71. The lowest BCUT2D eigenvalue weighted by Gasteiger charge is -2.25. The van der Waals surface area contributed by atoms with Gasteiger partial charge in [0.05, 0.1) is 0 Å². The van der Waals surface area contributed by atoms with E-state index in [0.717, 1.165) is 38.4 Å². The van der Waals surface area contributed by atoms with E-state index in [4.69, 9.17) is 5.73 Å². The summed E-state index contributed by atoms with van der Waals surface area (Å²) in [5, 5.41) is 2.85. The maximum Gasteiger partial charge on any atom is 0.317 e. The molecule has 1 aliphatic carbocycles. The molecule has 2 aliphatic rings. The van der Waals surface area contributed by atoms with Crippen molar-refractivity contribution >= 4 is 11.7 Å². The van der Waals surface area contributed by atoms with Crippen LogP contribution in [-0.2, 0) is 6.54 Å².